The van der Waals surface area contributed by atoms with Crippen molar-refractivity contribution in [3.05, 3.63) is 48.2 Å². The fourth-order valence-corrected chi connectivity index (χ4v) is 2.43. The Morgan fingerprint density at radius 3 is 2.91 bits per heavy atom. The second-order valence-electron chi connectivity index (χ2n) is 5.19. The van der Waals surface area contributed by atoms with E-state index in [2.05, 4.69) is 33.6 Å². The third-order valence-corrected chi connectivity index (χ3v) is 3.85. The summed E-state index contributed by atoms with van der Waals surface area (Å²) in [6, 6.07) is 13.8. The van der Waals surface area contributed by atoms with Crippen LogP contribution in [0.5, 0.6) is 0 Å². The SMILES string of the molecule is C[C@H](c1cc2ccccc2o1)N(C)c1ccc2nnnn2n1. The minimum absolute atomic E-state index is 0.0360. The van der Waals surface area contributed by atoms with Gasteiger partial charge in [0.15, 0.2) is 11.5 Å². The van der Waals surface area contributed by atoms with Gasteiger partial charge in [-0.1, -0.05) is 18.2 Å². The standard InChI is InChI=1S/C15H14N6O/c1-10(13-9-11-5-3-4-6-12(11)22-13)20(2)15-8-7-14-16-18-19-21(14)17-15/h3-10H,1-2H3/t10-/m1/s1. The van der Waals surface area contributed by atoms with Gasteiger partial charge >= 0.3 is 0 Å². The zero-order valence-electron chi connectivity index (χ0n) is 12.2. The van der Waals surface area contributed by atoms with Gasteiger partial charge in [-0.25, -0.2) is 0 Å². The lowest BCUT2D eigenvalue weighted by molar-refractivity contribution is 0.499. The highest BCUT2D eigenvalue weighted by Gasteiger charge is 2.18. The minimum atomic E-state index is 0.0360. The molecule has 0 fully saturated rings. The molecule has 3 heterocycles. The van der Waals surface area contributed by atoms with Gasteiger partial charge in [0, 0.05) is 12.4 Å². The summed E-state index contributed by atoms with van der Waals surface area (Å²) in [6.07, 6.45) is 0. The molecule has 0 spiro atoms. The van der Waals surface area contributed by atoms with E-state index in [1.165, 1.54) is 4.63 Å². The van der Waals surface area contributed by atoms with Crippen molar-refractivity contribution in [2.24, 2.45) is 0 Å². The van der Waals surface area contributed by atoms with Crippen molar-refractivity contribution in [1.82, 2.24) is 25.3 Å². The zero-order chi connectivity index (χ0) is 15.1. The van der Waals surface area contributed by atoms with E-state index in [4.69, 9.17) is 4.42 Å². The van der Waals surface area contributed by atoms with Gasteiger partial charge in [-0.05, 0) is 41.6 Å². The summed E-state index contributed by atoms with van der Waals surface area (Å²) in [7, 11) is 1.97. The summed E-state index contributed by atoms with van der Waals surface area (Å²) in [5.41, 5.74) is 1.51. The van der Waals surface area contributed by atoms with Crippen LogP contribution in [0.25, 0.3) is 16.6 Å². The topological polar surface area (TPSA) is 72.4 Å². The number of anilines is 1. The van der Waals surface area contributed by atoms with Crippen LogP contribution in [0.2, 0.25) is 0 Å². The lowest BCUT2D eigenvalue weighted by Crippen LogP contribution is -2.23. The Morgan fingerprint density at radius 1 is 1.18 bits per heavy atom. The highest BCUT2D eigenvalue weighted by molar-refractivity contribution is 5.77. The van der Waals surface area contributed by atoms with Crippen LogP contribution < -0.4 is 4.90 Å². The van der Waals surface area contributed by atoms with Gasteiger partial charge in [0.25, 0.3) is 0 Å². The Morgan fingerprint density at radius 2 is 2.05 bits per heavy atom. The lowest BCUT2D eigenvalue weighted by atomic mass is 10.2. The molecule has 0 aliphatic rings. The molecule has 1 atom stereocenters. The molecule has 0 saturated carbocycles. The highest BCUT2D eigenvalue weighted by Crippen LogP contribution is 2.28. The van der Waals surface area contributed by atoms with Crippen molar-refractivity contribution in [3.63, 3.8) is 0 Å². The largest absolute Gasteiger partial charge is 0.459 e. The third kappa shape index (κ3) is 1.98. The van der Waals surface area contributed by atoms with E-state index in [1.54, 1.807) is 0 Å². The summed E-state index contributed by atoms with van der Waals surface area (Å²) in [4.78, 5) is 2.03. The molecule has 0 amide bonds. The van der Waals surface area contributed by atoms with Crippen LogP contribution in [-0.2, 0) is 0 Å². The van der Waals surface area contributed by atoms with Gasteiger partial charge in [0.05, 0.1) is 6.04 Å². The molecule has 22 heavy (non-hydrogen) atoms. The number of fused-ring (bicyclic) bond motifs is 2. The molecule has 0 radical (unpaired) electrons. The molecule has 0 aliphatic heterocycles. The average molecular weight is 294 g/mol. The Balaban J connectivity index is 1.69. The second-order valence-corrected chi connectivity index (χ2v) is 5.19. The molecule has 110 valence electrons. The molecule has 0 aliphatic carbocycles. The summed E-state index contributed by atoms with van der Waals surface area (Å²) in [6.45, 7) is 2.07. The summed E-state index contributed by atoms with van der Waals surface area (Å²) < 4.78 is 7.34. The van der Waals surface area contributed by atoms with Crippen molar-refractivity contribution < 1.29 is 4.42 Å². The van der Waals surface area contributed by atoms with Crippen molar-refractivity contribution in [2.75, 3.05) is 11.9 Å². The molecule has 0 saturated heterocycles. The number of furan rings is 1. The van der Waals surface area contributed by atoms with Crippen LogP contribution in [0.3, 0.4) is 0 Å². The Kier molecular flexibility index (Phi) is 2.78. The molecular weight excluding hydrogens is 280 g/mol. The molecule has 0 bridgehead atoms. The predicted molar refractivity (Wildman–Crippen MR) is 81.6 cm³/mol. The first kappa shape index (κ1) is 12.8. The van der Waals surface area contributed by atoms with Crippen molar-refractivity contribution in [2.45, 2.75) is 13.0 Å². The van der Waals surface area contributed by atoms with Crippen molar-refractivity contribution in [3.8, 4) is 0 Å². The molecule has 4 aromatic rings. The van der Waals surface area contributed by atoms with E-state index in [0.717, 1.165) is 22.5 Å². The lowest BCUT2D eigenvalue weighted by Gasteiger charge is -2.23. The van der Waals surface area contributed by atoms with Crippen molar-refractivity contribution in [1.29, 1.82) is 0 Å². The number of tetrazole rings is 1. The smallest absolute Gasteiger partial charge is 0.200 e. The van der Waals surface area contributed by atoms with Gasteiger partial charge in [-0.2, -0.15) is 0 Å². The van der Waals surface area contributed by atoms with Crippen LogP contribution in [0.15, 0.2) is 46.9 Å². The maximum absolute atomic E-state index is 5.93. The third-order valence-electron chi connectivity index (χ3n) is 3.85. The molecule has 3 aromatic heterocycles. The first-order valence-electron chi connectivity index (χ1n) is 6.99. The molecule has 7 heteroatoms. The van der Waals surface area contributed by atoms with E-state index >= 15 is 0 Å². The van der Waals surface area contributed by atoms with Crippen LogP contribution in [0, 0.1) is 0 Å². The predicted octanol–water partition coefficient (Wildman–Crippen LogP) is 2.46. The van der Waals surface area contributed by atoms with Gasteiger partial charge in [-0.3, -0.25) is 0 Å². The van der Waals surface area contributed by atoms with Crippen LogP contribution in [0.4, 0.5) is 5.82 Å². The number of hydrogen-bond acceptors (Lipinski definition) is 6. The van der Waals surface area contributed by atoms with Crippen LogP contribution >= 0.6 is 0 Å². The van der Waals surface area contributed by atoms with Gasteiger partial charge in [0.2, 0.25) is 0 Å². The van der Waals surface area contributed by atoms with Crippen molar-refractivity contribution >= 4 is 22.4 Å². The van der Waals surface area contributed by atoms with Gasteiger partial charge in [-0.15, -0.1) is 14.8 Å². The fraction of sp³-hybridized carbons (Fsp3) is 0.200. The normalized spacial score (nSPS) is 12.8. The molecular formula is C15H14N6O. The number of nitrogens with zero attached hydrogens (tertiary/aromatic N) is 6. The number of para-hydroxylation sites is 1. The maximum atomic E-state index is 5.93. The van der Waals surface area contributed by atoms with Gasteiger partial charge in [0.1, 0.15) is 11.3 Å². The Bertz CT molecular complexity index is 904. The van der Waals surface area contributed by atoms with E-state index in [1.807, 2.05) is 48.3 Å². The molecule has 7 nitrogen and oxygen atoms in total. The Hall–Kier alpha value is -2.96. The van der Waals surface area contributed by atoms with E-state index in [0.29, 0.717) is 5.65 Å². The highest BCUT2D eigenvalue weighted by atomic mass is 16.3. The second kappa shape index (κ2) is 4.80. The van der Waals surface area contributed by atoms with E-state index in [9.17, 15) is 0 Å². The number of rotatable bonds is 3. The minimum Gasteiger partial charge on any atom is -0.459 e. The maximum Gasteiger partial charge on any atom is 0.200 e. The van der Waals surface area contributed by atoms with E-state index in [-0.39, 0.29) is 6.04 Å². The summed E-state index contributed by atoms with van der Waals surface area (Å²) >= 11 is 0. The van der Waals surface area contributed by atoms with Crippen LogP contribution in [-0.4, -0.2) is 32.3 Å². The summed E-state index contributed by atoms with van der Waals surface area (Å²) in [5, 5.41) is 16.8. The number of benzene rings is 1. The molecule has 4 rings (SSSR count). The van der Waals surface area contributed by atoms with E-state index < -0.39 is 0 Å². The molecule has 0 unspecified atom stereocenters. The molecule has 0 N–H and O–H groups in total. The fourth-order valence-electron chi connectivity index (χ4n) is 2.43. The first-order chi connectivity index (χ1) is 10.7. The average Bonchev–Trinajstić information content (AvgIpc) is 3.18. The van der Waals surface area contributed by atoms with Crippen LogP contribution in [0.1, 0.15) is 18.7 Å². The zero-order valence-corrected chi connectivity index (χ0v) is 12.2. The van der Waals surface area contributed by atoms with Gasteiger partial charge < -0.3 is 9.32 Å². The quantitative estimate of drug-likeness (QED) is 0.578. The number of aromatic nitrogens is 5. The monoisotopic (exact) mass is 294 g/mol. The number of hydrogen-bond donors (Lipinski definition) is 0. The molecule has 1 aromatic carbocycles. The first-order valence-corrected chi connectivity index (χ1v) is 6.99. The Labute approximate surface area is 126 Å². The summed E-state index contributed by atoms with van der Waals surface area (Å²) in [5.74, 6) is 1.66.